The van der Waals surface area contributed by atoms with Crippen molar-refractivity contribution in [1.82, 2.24) is 10.6 Å². The van der Waals surface area contributed by atoms with Gasteiger partial charge in [0.1, 0.15) is 0 Å². The van der Waals surface area contributed by atoms with Crippen molar-refractivity contribution in [2.75, 3.05) is 0 Å². The average molecular weight is 469 g/mol. The minimum absolute atomic E-state index is 0.498. The SMILES string of the molecule is CCCC[C@@H](CC)CC[C@H](CC(C)C)NC(=S)N[C@@H](CC[C@@H](CC)CCCC)CC(C)C. The molecule has 0 spiro atoms. The Bertz CT molecular complexity index is 397. The molecule has 0 fully saturated rings. The van der Waals surface area contributed by atoms with Gasteiger partial charge in [-0.05, 0) is 74.4 Å². The highest BCUT2D eigenvalue weighted by molar-refractivity contribution is 7.80. The normalized spacial score (nSPS) is 15.6. The molecule has 0 amide bonds. The molecular formula is C29H60N2S. The predicted molar refractivity (Wildman–Crippen MR) is 150 cm³/mol. The zero-order chi connectivity index (χ0) is 24.4. The molecule has 0 aliphatic carbocycles. The van der Waals surface area contributed by atoms with E-state index in [1.54, 1.807) is 0 Å². The second-order valence-corrected chi connectivity index (χ2v) is 11.7. The smallest absolute Gasteiger partial charge is 0.166 e. The lowest BCUT2D eigenvalue weighted by Crippen LogP contribution is -2.47. The van der Waals surface area contributed by atoms with Gasteiger partial charge >= 0.3 is 0 Å². The van der Waals surface area contributed by atoms with Gasteiger partial charge in [0.25, 0.3) is 0 Å². The van der Waals surface area contributed by atoms with Crippen LogP contribution in [0.2, 0.25) is 0 Å². The fourth-order valence-electron chi connectivity index (χ4n) is 5.01. The van der Waals surface area contributed by atoms with Crippen LogP contribution < -0.4 is 10.6 Å². The Kier molecular flexibility index (Phi) is 19.9. The average Bonchev–Trinajstić information content (AvgIpc) is 2.72. The van der Waals surface area contributed by atoms with Gasteiger partial charge in [0, 0.05) is 12.1 Å². The second kappa shape index (κ2) is 20.1. The largest absolute Gasteiger partial charge is 0.360 e. The summed E-state index contributed by atoms with van der Waals surface area (Å²) in [4.78, 5) is 0. The molecule has 0 rings (SSSR count). The van der Waals surface area contributed by atoms with Gasteiger partial charge < -0.3 is 10.6 Å². The topological polar surface area (TPSA) is 24.1 Å². The van der Waals surface area contributed by atoms with E-state index >= 15 is 0 Å². The predicted octanol–water partition coefficient (Wildman–Crippen LogP) is 9.27. The molecule has 4 atom stereocenters. The molecule has 0 saturated heterocycles. The fraction of sp³-hybridized carbons (Fsp3) is 0.966. The summed E-state index contributed by atoms with van der Waals surface area (Å²) in [6, 6.07) is 0.997. The number of nitrogens with one attached hydrogen (secondary N) is 2. The van der Waals surface area contributed by atoms with Crippen LogP contribution in [0.25, 0.3) is 0 Å². The lowest BCUT2D eigenvalue weighted by molar-refractivity contribution is 0.347. The molecule has 0 bridgehead atoms. The molecule has 0 aromatic rings. The van der Waals surface area contributed by atoms with E-state index in [0.29, 0.717) is 23.9 Å². The minimum Gasteiger partial charge on any atom is -0.360 e. The summed E-state index contributed by atoms with van der Waals surface area (Å²) in [5.41, 5.74) is 0. The maximum absolute atomic E-state index is 5.85. The highest BCUT2D eigenvalue weighted by atomic mass is 32.1. The molecule has 0 radical (unpaired) electrons. The van der Waals surface area contributed by atoms with Crippen LogP contribution in [0.15, 0.2) is 0 Å². The second-order valence-electron chi connectivity index (χ2n) is 11.3. The highest BCUT2D eigenvalue weighted by Gasteiger charge is 2.19. The summed E-state index contributed by atoms with van der Waals surface area (Å²) in [5.74, 6) is 3.13. The van der Waals surface area contributed by atoms with Crippen molar-refractivity contribution in [3.05, 3.63) is 0 Å². The lowest BCUT2D eigenvalue weighted by Gasteiger charge is -2.28. The first-order valence-electron chi connectivity index (χ1n) is 14.3. The van der Waals surface area contributed by atoms with Gasteiger partial charge in [-0.25, -0.2) is 0 Å². The van der Waals surface area contributed by atoms with E-state index in [4.69, 9.17) is 12.2 Å². The van der Waals surface area contributed by atoms with Crippen molar-refractivity contribution in [2.24, 2.45) is 23.7 Å². The van der Waals surface area contributed by atoms with Gasteiger partial charge in [-0.15, -0.1) is 0 Å². The summed E-state index contributed by atoms with van der Waals surface area (Å²) in [6.07, 6.45) is 18.3. The van der Waals surface area contributed by atoms with E-state index < -0.39 is 0 Å². The molecule has 0 aromatic heterocycles. The number of hydrogen-bond acceptors (Lipinski definition) is 1. The number of unbranched alkanes of at least 4 members (excludes halogenated alkanes) is 2. The number of hydrogen-bond donors (Lipinski definition) is 2. The van der Waals surface area contributed by atoms with Gasteiger partial charge in [0.05, 0.1) is 0 Å². The van der Waals surface area contributed by atoms with Crippen LogP contribution in [0.4, 0.5) is 0 Å². The van der Waals surface area contributed by atoms with E-state index in [1.807, 2.05) is 0 Å². The molecule has 3 heteroatoms. The lowest BCUT2D eigenvalue weighted by atomic mass is 9.90. The van der Waals surface area contributed by atoms with E-state index in [-0.39, 0.29) is 0 Å². The maximum atomic E-state index is 5.85. The molecular weight excluding hydrogens is 408 g/mol. The third-order valence-corrected chi connectivity index (χ3v) is 7.35. The number of rotatable bonds is 20. The monoisotopic (exact) mass is 468 g/mol. The zero-order valence-corrected chi connectivity index (χ0v) is 24.1. The Labute approximate surface area is 208 Å². The summed E-state index contributed by atoms with van der Waals surface area (Å²) in [6.45, 7) is 18.7. The Morgan fingerprint density at radius 3 is 1.25 bits per heavy atom. The van der Waals surface area contributed by atoms with Gasteiger partial charge in [-0.1, -0.05) is 107 Å². The molecule has 0 saturated carbocycles. The van der Waals surface area contributed by atoms with Crippen molar-refractivity contribution in [3.8, 4) is 0 Å². The van der Waals surface area contributed by atoms with Crippen LogP contribution in [-0.2, 0) is 0 Å². The van der Waals surface area contributed by atoms with Crippen molar-refractivity contribution in [2.45, 2.75) is 157 Å². The van der Waals surface area contributed by atoms with Crippen LogP contribution in [0.3, 0.4) is 0 Å². The van der Waals surface area contributed by atoms with Crippen LogP contribution in [-0.4, -0.2) is 17.2 Å². The Hall–Kier alpha value is -0.310. The van der Waals surface area contributed by atoms with E-state index in [2.05, 4.69) is 66.0 Å². The highest BCUT2D eigenvalue weighted by Crippen LogP contribution is 2.23. The summed E-state index contributed by atoms with van der Waals surface area (Å²) in [5, 5.41) is 8.38. The van der Waals surface area contributed by atoms with Crippen molar-refractivity contribution in [3.63, 3.8) is 0 Å². The maximum Gasteiger partial charge on any atom is 0.166 e. The summed E-state index contributed by atoms with van der Waals surface area (Å²) >= 11 is 5.85. The van der Waals surface area contributed by atoms with Gasteiger partial charge in [-0.3, -0.25) is 0 Å². The first-order chi connectivity index (χ1) is 15.2. The van der Waals surface area contributed by atoms with Gasteiger partial charge in [0.15, 0.2) is 5.11 Å². The molecule has 0 aliphatic rings. The van der Waals surface area contributed by atoms with Crippen LogP contribution in [0, 0.1) is 23.7 Å². The molecule has 0 aliphatic heterocycles. The fourth-order valence-corrected chi connectivity index (χ4v) is 5.35. The molecule has 0 unspecified atom stereocenters. The molecule has 0 aromatic carbocycles. The van der Waals surface area contributed by atoms with E-state index in [9.17, 15) is 0 Å². The minimum atomic E-state index is 0.498. The van der Waals surface area contributed by atoms with E-state index in [1.165, 1.54) is 89.9 Å². The molecule has 0 heterocycles. The van der Waals surface area contributed by atoms with Crippen LogP contribution in [0.1, 0.15) is 145 Å². The third-order valence-electron chi connectivity index (χ3n) is 7.12. The van der Waals surface area contributed by atoms with Crippen LogP contribution in [0.5, 0.6) is 0 Å². The van der Waals surface area contributed by atoms with Gasteiger partial charge in [-0.2, -0.15) is 0 Å². The third kappa shape index (κ3) is 17.2. The first-order valence-corrected chi connectivity index (χ1v) is 14.7. The van der Waals surface area contributed by atoms with Crippen molar-refractivity contribution in [1.29, 1.82) is 0 Å². The van der Waals surface area contributed by atoms with Gasteiger partial charge in [0.2, 0.25) is 0 Å². The summed E-state index contributed by atoms with van der Waals surface area (Å²) < 4.78 is 0. The Morgan fingerprint density at radius 2 is 0.969 bits per heavy atom. The quantitative estimate of drug-likeness (QED) is 0.174. The van der Waals surface area contributed by atoms with Crippen molar-refractivity contribution < 1.29 is 0 Å². The Morgan fingerprint density at radius 1 is 0.594 bits per heavy atom. The first kappa shape index (κ1) is 31.7. The number of thiocarbonyl (C=S) groups is 1. The molecule has 2 N–H and O–H groups in total. The molecule has 32 heavy (non-hydrogen) atoms. The molecule has 2 nitrogen and oxygen atoms in total. The summed E-state index contributed by atoms with van der Waals surface area (Å²) in [7, 11) is 0. The van der Waals surface area contributed by atoms with E-state index in [0.717, 1.165) is 16.9 Å². The zero-order valence-electron chi connectivity index (χ0n) is 23.3. The Balaban J connectivity index is 4.82. The molecule has 192 valence electrons. The standard InChI is InChI=1S/C29H60N2S/c1-9-13-15-25(11-3)17-19-27(21-23(5)6)30-29(32)31-28(22-24(7)8)20-18-26(12-4)16-14-10-2/h23-28H,9-22H2,1-8H3,(H2,30,31,32)/t25-,26+,27-,28+. The van der Waals surface area contributed by atoms with Crippen LogP contribution >= 0.6 is 12.2 Å². The van der Waals surface area contributed by atoms with Crippen molar-refractivity contribution >= 4 is 17.3 Å².